The summed E-state index contributed by atoms with van der Waals surface area (Å²) in [4.78, 5) is 12.3. The summed E-state index contributed by atoms with van der Waals surface area (Å²) in [7, 11) is 1.68. The molecule has 0 spiro atoms. The van der Waals surface area contributed by atoms with E-state index in [-0.39, 0.29) is 14.5 Å². The van der Waals surface area contributed by atoms with Crippen LogP contribution >= 0.6 is 0 Å². The summed E-state index contributed by atoms with van der Waals surface area (Å²) in [5, 5.41) is 1.16. The van der Waals surface area contributed by atoms with Crippen molar-refractivity contribution in [2.75, 3.05) is 7.11 Å². The normalized spacial score (nSPS) is 16.7. The van der Waals surface area contributed by atoms with Gasteiger partial charge >= 0.3 is 118 Å². The zero-order valence-electron chi connectivity index (χ0n) is 11.1. The van der Waals surface area contributed by atoms with Crippen molar-refractivity contribution in [2.24, 2.45) is 0 Å². The van der Waals surface area contributed by atoms with E-state index in [4.69, 9.17) is 4.74 Å². The Kier molecular flexibility index (Phi) is 3.72. The molecular formula is C15H18NO2Se+. The zero-order chi connectivity index (χ0) is 13.2. The van der Waals surface area contributed by atoms with Crippen LogP contribution in [0, 0.1) is 0 Å². The first kappa shape index (κ1) is 12.9. The van der Waals surface area contributed by atoms with Gasteiger partial charge in [0.1, 0.15) is 0 Å². The van der Waals surface area contributed by atoms with Crippen LogP contribution in [0.1, 0.15) is 38.1 Å². The molecule has 2 aromatic rings. The van der Waals surface area contributed by atoms with E-state index >= 15 is 0 Å². The van der Waals surface area contributed by atoms with E-state index in [1.165, 1.54) is 23.5 Å². The summed E-state index contributed by atoms with van der Waals surface area (Å²) in [5.41, 5.74) is 0. The van der Waals surface area contributed by atoms with Crippen LogP contribution in [-0.2, 0) is 0 Å². The van der Waals surface area contributed by atoms with Crippen molar-refractivity contribution in [1.82, 2.24) is 0 Å². The molecule has 0 aliphatic heterocycles. The van der Waals surface area contributed by atoms with Gasteiger partial charge in [0, 0.05) is 0 Å². The topological polar surface area (TPSA) is 30.2 Å². The number of hydrogen-bond donors (Lipinski definition) is 0. The van der Waals surface area contributed by atoms with Gasteiger partial charge in [-0.3, -0.25) is 0 Å². The molecule has 0 saturated heterocycles. The molecule has 100 valence electrons. The molecule has 0 N–H and O–H groups in total. The maximum atomic E-state index is 12.3. The van der Waals surface area contributed by atoms with Crippen molar-refractivity contribution in [3.8, 4) is 5.75 Å². The number of benzene rings is 1. The molecule has 1 aromatic heterocycles. The zero-order valence-corrected chi connectivity index (χ0v) is 12.8. The summed E-state index contributed by atoms with van der Waals surface area (Å²) >= 11 is -0.0895. The van der Waals surface area contributed by atoms with Gasteiger partial charge in [-0.15, -0.1) is 0 Å². The molecular weight excluding hydrogens is 305 g/mol. The summed E-state index contributed by atoms with van der Waals surface area (Å²) in [6.45, 7) is 0. The average molecular weight is 323 g/mol. The second-order valence-corrected chi connectivity index (χ2v) is 7.18. The molecule has 1 aliphatic carbocycles. The minimum atomic E-state index is -0.0895. The third kappa shape index (κ3) is 2.60. The first-order chi connectivity index (χ1) is 9.28. The monoisotopic (exact) mass is 324 g/mol. The van der Waals surface area contributed by atoms with Gasteiger partial charge in [-0.05, 0) is 0 Å². The minimum absolute atomic E-state index is 0.0895. The molecule has 0 unspecified atom stereocenters. The summed E-state index contributed by atoms with van der Waals surface area (Å²) < 4.78 is 8.75. The number of ether oxygens (including phenoxy) is 1. The fraction of sp³-hybridized carbons (Fsp3) is 0.467. The summed E-state index contributed by atoms with van der Waals surface area (Å²) in [5.74, 6) is 0.865. The molecule has 1 aromatic carbocycles. The predicted octanol–water partition coefficient (Wildman–Crippen LogP) is 2.06. The van der Waals surface area contributed by atoms with E-state index < -0.39 is 0 Å². The number of methoxy groups -OCH3 is 1. The van der Waals surface area contributed by atoms with E-state index in [0.717, 1.165) is 24.0 Å². The van der Waals surface area contributed by atoms with Crippen LogP contribution in [0.2, 0.25) is 0 Å². The van der Waals surface area contributed by atoms with Crippen LogP contribution in [0.3, 0.4) is 0 Å². The summed E-state index contributed by atoms with van der Waals surface area (Å²) in [6, 6.07) is 6.43. The quantitative estimate of drug-likeness (QED) is 0.625. The third-order valence-electron chi connectivity index (χ3n) is 3.87. The Bertz CT molecular complexity index is 644. The standard InChI is InChI=1S/C15H18NO2Se/c1-18-13-7-8-14-11(9-13)10-16(15(17)19-14)12-5-3-2-4-6-12/h7-10,12H,2-6H2,1H3/q+1. The molecule has 1 aliphatic rings. The number of hydrogen-bond acceptors (Lipinski definition) is 2. The fourth-order valence-electron chi connectivity index (χ4n) is 2.81. The fourth-order valence-corrected chi connectivity index (χ4v) is 4.62. The van der Waals surface area contributed by atoms with Gasteiger partial charge in [0.15, 0.2) is 0 Å². The Morgan fingerprint density at radius 3 is 2.79 bits per heavy atom. The number of nitrogens with zero attached hydrogens (tertiary/aromatic N) is 1. The SMILES string of the molecule is COc1ccc2[se]c(=O)[n+](C3CCCCC3)cc2c1. The molecule has 1 heterocycles. The van der Waals surface area contributed by atoms with Crippen LogP contribution in [0.25, 0.3) is 9.65 Å². The van der Waals surface area contributed by atoms with E-state index in [1.54, 1.807) is 7.11 Å². The number of aromatic nitrogens is 1. The molecule has 0 bridgehead atoms. The Morgan fingerprint density at radius 1 is 1.26 bits per heavy atom. The van der Waals surface area contributed by atoms with E-state index in [2.05, 4.69) is 0 Å². The summed E-state index contributed by atoms with van der Waals surface area (Å²) in [6.07, 6.45) is 8.16. The maximum absolute atomic E-state index is 12.3. The van der Waals surface area contributed by atoms with Crippen molar-refractivity contribution < 1.29 is 9.30 Å². The van der Waals surface area contributed by atoms with Crippen LogP contribution < -0.4 is 13.7 Å². The molecule has 19 heavy (non-hydrogen) atoms. The molecule has 1 fully saturated rings. The van der Waals surface area contributed by atoms with E-state index in [9.17, 15) is 4.79 Å². The Balaban J connectivity index is 2.08. The molecule has 0 amide bonds. The number of rotatable bonds is 2. The van der Waals surface area contributed by atoms with Crippen molar-refractivity contribution in [3.63, 3.8) is 0 Å². The Labute approximate surface area is 118 Å². The second kappa shape index (κ2) is 5.48. The van der Waals surface area contributed by atoms with Gasteiger partial charge in [-0.2, -0.15) is 0 Å². The van der Waals surface area contributed by atoms with Crippen molar-refractivity contribution in [1.29, 1.82) is 0 Å². The Hall–Kier alpha value is -1.12. The molecule has 1 saturated carbocycles. The Morgan fingerprint density at radius 2 is 2.05 bits per heavy atom. The molecule has 3 nitrogen and oxygen atoms in total. The average Bonchev–Trinajstić information content (AvgIpc) is 2.47. The van der Waals surface area contributed by atoms with E-state index in [0.29, 0.717) is 10.5 Å². The molecule has 3 rings (SSSR count). The first-order valence-corrected chi connectivity index (χ1v) is 8.52. The van der Waals surface area contributed by atoms with Gasteiger partial charge in [0.25, 0.3) is 0 Å². The molecule has 4 heteroatoms. The molecule has 0 radical (unpaired) electrons. The predicted molar refractivity (Wildman–Crippen MR) is 76.0 cm³/mol. The van der Waals surface area contributed by atoms with E-state index in [1.807, 2.05) is 29.0 Å². The second-order valence-electron chi connectivity index (χ2n) is 5.10. The van der Waals surface area contributed by atoms with Crippen molar-refractivity contribution in [2.45, 2.75) is 38.1 Å². The van der Waals surface area contributed by atoms with Gasteiger partial charge in [-0.1, -0.05) is 0 Å². The molecule has 0 atom stereocenters. The third-order valence-corrected chi connectivity index (χ3v) is 5.92. The van der Waals surface area contributed by atoms with Crippen LogP contribution in [0.4, 0.5) is 0 Å². The van der Waals surface area contributed by atoms with Crippen molar-refractivity contribution >= 4 is 24.1 Å². The van der Waals surface area contributed by atoms with Gasteiger partial charge in [0.2, 0.25) is 0 Å². The van der Waals surface area contributed by atoms with Crippen molar-refractivity contribution in [3.05, 3.63) is 33.6 Å². The first-order valence-electron chi connectivity index (χ1n) is 6.81. The van der Waals surface area contributed by atoms with Crippen LogP contribution in [0.5, 0.6) is 5.75 Å². The van der Waals surface area contributed by atoms with Gasteiger partial charge < -0.3 is 0 Å². The van der Waals surface area contributed by atoms with Crippen LogP contribution in [-0.4, -0.2) is 21.6 Å². The van der Waals surface area contributed by atoms with Crippen LogP contribution in [0.15, 0.2) is 29.2 Å². The van der Waals surface area contributed by atoms with Gasteiger partial charge in [-0.25, -0.2) is 0 Å². The number of fused-ring (bicyclic) bond motifs is 1. The van der Waals surface area contributed by atoms with Gasteiger partial charge in [0.05, 0.1) is 0 Å².